The van der Waals surface area contributed by atoms with E-state index in [1.54, 1.807) is 0 Å². The van der Waals surface area contributed by atoms with E-state index in [0.29, 0.717) is 0 Å². The average Bonchev–Trinajstić information content (AvgIpc) is 2.40. The summed E-state index contributed by atoms with van der Waals surface area (Å²) in [4.78, 5) is 20.1. The Labute approximate surface area is 104 Å². The van der Waals surface area contributed by atoms with Crippen LogP contribution in [0.1, 0.15) is 0 Å². The molecule has 2 heterocycles. The largest absolute Gasteiger partial charge is 0.369 e. The molecule has 1 saturated heterocycles. The molecule has 0 aliphatic carbocycles. The summed E-state index contributed by atoms with van der Waals surface area (Å²) < 4.78 is 0. The van der Waals surface area contributed by atoms with E-state index < -0.39 is 4.92 Å². The topological polar surface area (TPSA) is 110 Å². The molecule has 0 atom stereocenters. The summed E-state index contributed by atoms with van der Waals surface area (Å²) in [6.07, 6.45) is 1.46. The van der Waals surface area contributed by atoms with Crippen LogP contribution in [0.15, 0.2) is 23.3 Å². The number of nitrogens with two attached hydrogens (primary N) is 1. The van der Waals surface area contributed by atoms with Crippen LogP contribution in [0, 0.1) is 10.1 Å². The first kappa shape index (κ1) is 12.2. The molecule has 18 heavy (non-hydrogen) atoms. The highest BCUT2D eigenvalue weighted by Gasteiger charge is 2.16. The first-order chi connectivity index (χ1) is 8.68. The Bertz CT molecular complexity index is 469. The molecule has 0 saturated carbocycles. The van der Waals surface area contributed by atoms with Crippen LogP contribution in [-0.4, -0.2) is 46.9 Å². The lowest BCUT2D eigenvalue weighted by Gasteiger charge is -2.27. The summed E-state index contributed by atoms with van der Waals surface area (Å²) in [5.41, 5.74) is 5.69. The zero-order chi connectivity index (χ0) is 13.0. The Morgan fingerprint density at radius 2 is 2.28 bits per heavy atom. The van der Waals surface area contributed by atoms with Crippen molar-refractivity contribution in [3.63, 3.8) is 0 Å². The van der Waals surface area contributed by atoms with Crippen LogP contribution < -0.4 is 11.1 Å². The van der Waals surface area contributed by atoms with Gasteiger partial charge in [0.15, 0.2) is 5.96 Å². The number of hydrogen-bond donors (Lipinski definition) is 2. The SMILES string of the molecule is N/C(=N\c1ncccc1[N+](=O)[O-])N1CCNCC1. The lowest BCUT2D eigenvalue weighted by molar-refractivity contribution is -0.384. The molecule has 1 fully saturated rings. The van der Waals surface area contributed by atoms with Gasteiger partial charge in [0.05, 0.1) is 4.92 Å². The maximum atomic E-state index is 10.8. The Morgan fingerprint density at radius 3 is 2.94 bits per heavy atom. The molecule has 96 valence electrons. The highest BCUT2D eigenvalue weighted by Crippen LogP contribution is 2.23. The molecule has 0 radical (unpaired) electrons. The first-order valence-corrected chi connectivity index (χ1v) is 5.57. The van der Waals surface area contributed by atoms with E-state index >= 15 is 0 Å². The molecule has 1 aliphatic heterocycles. The fourth-order valence-electron chi connectivity index (χ4n) is 1.69. The Morgan fingerprint density at radius 1 is 1.56 bits per heavy atom. The molecule has 0 unspecified atom stereocenters. The van der Waals surface area contributed by atoms with Gasteiger partial charge in [-0.2, -0.15) is 4.99 Å². The van der Waals surface area contributed by atoms with Crippen LogP contribution >= 0.6 is 0 Å². The van der Waals surface area contributed by atoms with Gasteiger partial charge in [0.1, 0.15) is 0 Å². The fourth-order valence-corrected chi connectivity index (χ4v) is 1.69. The summed E-state index contributed by atoms with van der Waals surface area (Å²) >= 11 is 0. The Hall–Kier alpha value is -2.22. The maximum absolute atomic E-state index is 10.8. The molecule has 1 aliphatic rings. The molecular weight excluding hydrogens is 236 g/mol. The van der Waals surface area contributed by atoms with E-state index in [2.05, 4.69) is 15.3 Å². The van der Waals surface area contributed by atoms with Gasteiger partial charge in [-0.3, -0.25) is 10.1 Å². The number of aromatic nitrogens is 1. The zero-order valence-electron chi connectivity index (χ0n) is 9.74. The average molecular weight is 250 g/mol. The summed E-state index contributed by atoms with van der Waals surface area (Å²) in [5.74, 6) is 0.303. The van der Waals surface area contributed by atoms with Crippen molar-refractivity contribution in [1.82, 2.24) is 15.2 Å². The van der Waals surface area contributed by atoms with Gasteiger partial charge >= 0.3 is 5.69 Å². The van der Waals surface area contributed by atoms with Crippen molar-refractivity contribution < 1.29 is 4.92 Å². The smallest absolute Gasteiger partial charge is 0.313 e. The van der Waals surface area contributed by atoms with Crippen molar-refractivity contribution in [2.45, 2.75) is 0 Å². The van der Waals surface area contributed by atoms with Crippen molar-refractivity contribution in [3.8, 4) is 0 Å². The predicted molar refractivity (Wildman–Crippen MR) is 66.6 cm³/mol. The minimum Gasteiger partial charge on any atom is -0.369 e. The Kier molecular flexibility index (Phi) is 3.68. The van der Waals surface area contributed by atoms with E-state index in [4.69, 9.17) is 5.73 Å². The number of aliphatic imine (C=N–C) groups is 1. The number of pyridine rings is 1. The fraction of sp³-hybridized carbons (Fsp3) is 0.400. The number of guanidine groups is 1. The van der Waals surface area contributed by atoms with Crippen LogP contribution in [-0.2, 0) is 0 Å². The summed E-state index contributed by atoms with van der Waals surface area (Å²) in [6.45, 7) is 3.10. The second-order valence-electron chi connectivity index (χ2n) is 3.81. The van der Waals surface area contributed by atoms with Gasteiger partial charge in [-0.1, -0.05) is 0 Å². The predicted octanol–water partition coefficient (Wildman–Crippen LogP) is -0.159. The third-order valence-corrected chi connectivity index (χ3v) is 2.62. The molecule has 3 N–H and O–H groups in total. The van der Waals surface area contributed by atoms with Crippen LogP contribution in [0.5, 0.6) is 0 Å². The molecule has 8 nitrogen and oxygen atoms in total. The summed E-state index contributed by atoms with van der Waals surface area (Å²) in [5, 5.41) is 14.0. The van der Waals surface area contributed by atoms with Crippen molar-refractivity contribution >= 4 is 17.5 Å². The van der Waals surface area contributed by atoms with Crippen LogP contribution in [0.25, 0.3) is 0 Å². The molecule has 0 spiro atoms. The minimum atomic E-state index is -0.517. The summed E-state index contributed by atoms with van der Waals surface area (Å²) in [7, 11) is 0. The van der Waals surface area contributed by atoms with Gasteiger partial charge in [-0.25, -0.2) is 4.98 Å². The number of nitrogens with one attached hydrogen (secondary N) is 1. The van der Waals surface area contributed by atoms with Gasteiger partial charge < -0.3 is 16.0 Å². The lowest BCUT2D eigenvalue weighted by atomic mass is 10.4. The van der Waals surface area contributed by atoms with Gasteiger partial charge in [0.2, 0.25) is 5.82 Å². The maximum Gasteiger partial charge on any atom is 0.313 e. The third-order valence-electron chi connectivity index (χ3n) is 2.62. The second kappa shape index (κ2) is 5.41. The molecule has 1 aromatic heterocycles. The van der Waals surface area contributed by atoms with Crippen LogP contribution in [0.4, 0.5) is 11.5 Å². The molecule has 0 amide bonds. The van der Waals surface area contributed by atoms with E-state index in [0.717, 1.165) is 26.2 Å². The molecule has 1 aromatic rings. The van der Waals surface area contributed by atoms with Crippen molar-refractivity contribution in [2.75, 3.05) is 26.2 Å². The van der Waals surface area contributed by atoms with Crippen molar-refractivity contribution in [1.29, 1.82) is 0 Å². The van der Waals surface area contributed by atoms with E-state index in [1.165, 1.54) is 18.3 Å². The quantitative estimate of drug-likeness (QED) is 0.326. The number of nitro groups is 1. The third kappa shape index (κ3) is 2.72. The Balaban J connectivity index is 2.23. The second-order valence-corrected chi connectivity index (χ2v) is 3.81. The minimum absolute atomic E-state index is 0.0403. The summed E-state index contributed by atoms with van der Waals surface area (Å²) in [6, 6.07) is 2.86. The highest BCUT2D eigenvalue weighted by molar-refractivity contribution is 5.81. The molecular formula is C10H14N6O2. The number of piperazine rings is 1. The van der Waals surface area contributed by atoms with Gasteiger partial charge in [0.25, 0.3) is 0 Å². The van der Waals surface area contributed by atoms with E-state index in [1.807, 2.05) is 4.90 Å². The van der Waals surface area contributed by atoms with Crippen molar-refractivity contribution in [2.24, 2.45) is 10.7 Å². The normalized spacial score (nSPS) is 16.7. The van der Waals surface area contributed by atoms with E-state index in [9.17, 15) is 10.1 Å². The number of hydrogen-bond acceptors (Lipinski definition) is 5. The highest BCUT2D eigenvalue weighted by atomic mass is 16.6. The van der Waals surface area contributed by atoms with E-state index in [-0.39, 0.29) is 17.5 Å². The molecule has 0 bridgehead atoms. The monoisotopic (exact) mass is 250 g/mol. The number of nitrogens with zero attached hydrogens (tertiary/aromatic N) is 4. The van der Waals surface area contributed by atoms with Crippen molar-refractivity contribution in [3.05, 3.63) is 28.4 Å². The molecule has 0 aromatic carbocycles. The number of rotatable bonds is 2. The lowest BCUT2D eigenvalue weighted by Crippen LogP contribution is -2.49. The van der Waals surface area contributed by atoms with Crippen LogP contribution in [0.3, 0.4) is 0 Å². The molecule has 8 heteroatoms. The van der Waals surface area contributed by atoms with Crippen LogP contribution in [0.2, 0.25) is 0 Å². The van der Waals surface area contributed by atoms with Gasteiger partial charge in [-0.05, 0) is 6.07 Å². The standard InChI is InChI=1S/C10H14N6O2/c11-10(15-6-4-12-5-7-15)14-9-8(16(17)18)2-1-3-13-9/h1-3,12H,4-7H2,(H2,11,13,14). The van der Waals surface area contributed by atoms with Gasteiger partial charge in [0, 0.05) is 38.4 Å². The molecule has 2 rings (SSSR count). The van der Waals surface area contributed by atoms with Gasteiger partial charge in [-0.15, -0.1) is 0 Å². The first-order valence-electron chi connectivity index (χ1n) is 5.57. The zero-order valence-corrected chi connectivity index (χ0v) is 9.74.